The van der Waals surface area contributed by atoms with Gasteiger partial charge in [0.1, 0.15) is 36.1 Å². The SMILES string of the molecule is CC(O)c1cn(C2OC(CO)C(O)C2O)c2ncnc(N)c12. The summed E-state index contributed by atoms with van der Waals surface area (Å²) in [5.74, 6) is 0.200. The number of ether oxygens (including phenoxy) is 1. The van der Waals surface area contributed by atoms with Crippen molar-refractivity contribution in [2.24, 2.45) is 0 Å². The Morgan fingerprint density at radius 1 is 1.36 bits per heavy atom. The lowest BCUT2D eigenvalue weighted by atomic mass is 10.1. The van der Waals surface area contributed by atoms with Crippen LogP contribution < -0.4 is 5.73 Å². The van der Waals surface area contributed by atoms with E-state index in [4.69, 9.17) is 10.5 Å². The molecule has 0 spiro atoms. The van der Waals surface area contributed by atoms with Gasteiger partial charge in [0, 0.05) is 11.8 Å². The summed E-state index contributed by atoms with van der Waals surface area (Å²) in [6, 6.07) is 0. The molecule has 1 fully saturated rings. The molecule has 0 bridgehead atoms. The first kappa shape index (κ1) is 15.1. The standard InChI is InChI=1S/C13H18N4O5/c1-5(19)6-2-17(12-8(6)11(14)15-4-16-12)13-10(21)9(20)7(3-18)22-13/h2,4-5,7,9-10,13,18-21H,3H2,1H3,(H2,14,15,16). The summed E-state index contributed by atoms with van der Waals surface area (Å²) < 4.78 is 6.98. The van der Waals surface area contributed by atoms with Crippen molar-refractivity contribution in [3.05, 3.63) is 18.1 Å². The number of fused-ring (bicyclic) bond motifs is 1. The number of aliphatic hydroxyl groups excluding tert-OH is 4. The molecular formula is C13H18N4O5. The molecule has 1 aliphatic heterocycles. The molecule has 22 heavy (non-hydrogen) atoms. The van der Waals surface area contributed by atoms with Crippen molar-refractivity contribution >= 4 is 16.9 Å². The number of hydrogen-bond donors (Lipinski definition) is 5. The number of nitrogens with two attached hydrogens (primary N) is 1. The summed E-state index contributed by atoms with van der Waals surface area (Å²) in [5.41, 5.74) is 6.72. The Bertz CT molecular complexity index is 688. The average molecular weight is 310 g/mol. The highest BCUT2D eigenvalue weighted by Crippen LogP contribution is 2.36. The van der Waals surface area contributed by atoms with Gasteiger partial charge in [0.15, 0.2) is 6.23 Å². The van der Waals surface area contributed by atoms with E-state index >= 15 is 0 Å². The maximum atomic E-state index is 10.1. The van der Waals surface area contributed by atoms with Crippen LogP contribution in [0.4, 0.5) is 5.82 Å². The lowest BCUT2D eigenvalue weighted by molar-refractivity contribution is -0.0510. The van der Waals surface area contributed by atoms with E-state index in [0.717, 1.165) is 0 Å². The van der Waals surface area contributed by atoms with Crippen LogP contribution in [0.15, 0.2) is 12.5 Å². The van der Waals surface area contributed by atoms with Crippen LogP contribution in [0.3, 0.4) is 0 Å². The number of anilines is 1. The second-order valence-electron chi connectivity index (χ2n) is 5.35. The second-order valence-corrected chi connectivity index (χ2v) is 5.35. The van der Waals surface area contributed by atoms with Gasteiger partial charge in [-0.25, -0.2) is 9.97 Å². The molecule has 3 rings (SSSR count). The molecule has 1 saturated heterocycles. The molecule has 120 valence electrons. The first-order valence-electron chi connectivity index (χ1n) is 6.87. The van der Waals surface area contributed by atoms with E-state index < -0.39 is 37.3 Å². The van der Waals surface area contributed by atoms with Gasteiger partial charge in [-0.2, -0.15) is 0 Å². The fourth-order valence-corrected chi connectivity index (χ4v) is 2.76. The van der Waals surface area contributed by atoms with Gasteiger partial charge >= 0.3 is 0 Å². The predicted octanol–water partition coefficient (Wildman–Crippen LogP) is -1.32. The van der Waals surface area contributed by atoms with Crippen molar-refractivity contribution in [1.29, 1.82) is 0 Å². The van der Waals surface area contributed by atoms with Crippen molar-refractivity contribution in [1.82, 2.24) is 14.5 Å². The van der Waals surface area contributed by atoms with Gasteiger partial charge in [-0.1, -0.05) is 0 Å². The predicted molar refractivity (Wildman–Crippen MR) is 75.6 cm³/mol. The largest absolute Gasteiger partial charge is 0.394 e. The van der Waals surface area contributed by atoms with Gasteiger partial charge in [0.05, 0.1) is 18.1 Å². The second kappa shape index (κ2) is 5.45. The van der Waals surface area contributed by atoms with E-state index in [2.05, 4.69) is 9.97 Å². The maximum Gasteiger partial charge on any atom is 0.164 e. The number of hydrogen-bond acceptors (Lipinski definition) is 8. The van der Waals surface area contributed by atoms with E-state index in [0.29, 0.717) is 16.6 Å². The molecule has 9 heteroatoms. The molecule has 0 radical (unpaired) electrons. The fourth-order valence-electron chi connectivity index (χ4n) is 2.76. The minimum absolute atomic E-state index is 0.200. The number of aliphatic hydroxyl groups is 4. The van der Waals surface area contributed by atoms with Crippen molar-refractivity contribution in [2.75, 3.05) is 12.3 Å². The van der Waals surface area contributed by atoms with E-state index in [1.54, 1.807) is 13.1 Å². The third-order valence-corrected chi connectivity index (χ3v) is 3.91. The zero-order valence-corrected chi connectivity index (χ0v) is 11.9. The van der Waals surface area contributed by atoms with E-state index in [1.165, 1.54) is 10.9 Å². The van der Waals surface area contributed by atoms with Crippen LogP contribution in [0.2, 0.25) is 0 Å². The molecule has 6 N–H and O–H groups in total. The van der Waals surface area contributed by atoms with Crippen LogP contribution in [-0.2, 0) is 4.74 Å². The maximum absolute atomic E-state index is 10.1. The molecule has 5 atom stereocenters. The molecule has 2 aromatic heterocycles. The summed E-state index contributed by atoms with van der Waals surface area (Å²) in [6.07, 6.45) is -2.31. The molecule has 0 amide bonds. The van der Waals surface area contributed by atoms with Gasteiger partial charge in [-0.3, -0.25) is 0 Å². The molecular weight excluding hydrogens is 292 g/mol. The summed E-state index contributed by atoms with van der Waals surface area (Å²) >= 11 is 0. The van der Waals surface area contributed by atoms with E-state index in [1.807, 2.05) is 0 Å². The lowest BCUT2D eigenvalue weighted by Crippen LogP contribution is -2.33. The summed E-state index contributed by atoms with van der Waals surface area (Å²) in [4.78, 5) is 8.03. The highest BCUT2D eigenvalue weighted by atomic mass is 16.6. The monoisotopic (exact) mass is 310 g/mol. The number of rotatable bonds is 3. The molecule has 0 aromatic carbocycles. The van der Waals surface area contributed by atoms with E-state index in [9.17, 15) is 20.4 Å². The molecule has 9 nitrogen and oxygen atoms in total. The number of aromatic nitrogens is 3. The van der Waals surface area contributed by atoms with Crippen LogP contribution in [0.25, 0.3) is 11.0 Å². The van der Waals surface area contributed by atoms with Gasteiger partial charge < -0.3 is 35.5 Å². The molecule has 0 aliphatic carbocycles. The van der Waals surface area contributed by atoms with Crippen LogP contribution in [0, 0.1) is 0 Å². The molecule has 5 unspecified atom stereocenters. The molecule has 0 saturated carbocycles. The first-order valence-corrected chi connectivity index (χ1v) is 6.87. The smallest absolute Gasteiger partial charge is 0.164 e. The summed E-state index contributed by atoms with van der Waals surface area (Å²) in [5, 5.41) is 39.6. The lowest BCUT2D eigenvalue weighted by Gasteiger charge is -2.17. The molecule has 3 heterocycles. The van der Waals surface area contributed by atoms with Crippen molar-refractivity contribution in [3.63, 3.8) is 0 Å². The Labute approximate surface area is 125 Å². The van der Waals surface area contributed by atoms with Gasteiger partial charge in [0.2, 0.25) is 0 Å². The fraction of sp³-hybridized carbons (Fsp3) is 0.538. The Hall–Kier alpha value is -1.78. The van der Waals surface area contributed by atoms with Crippen molar-refractivity contribution < 1.29 is 25.2 Å². The van der Waals surface area contributed by atoms with Crippen molar-refractivity contribution in [2.45, 2.75) is 37.6 Å². The zero-order chi connectivity index (χ0) is 16.0. The normalized spacial score (nSPS) is 30.0. The number of nitrogen functional groups attached to an aromatic ring is 1. The topological polar surface area (TPSA) is 147 Å². The third-order valence-electron chi connectivity index (χ3n) is 3.91. The van der Waals surface area contributed by atoms with Crippen molar-refractivity contribution in [3.8, 4) is 0 Å². The third kappa shape index (κ3) is 2.14. The first-order chi connectivity index (χ1) is 10.5. The van der Waals surface area contributed by atoms with Crippen LogP contribution >= 0.6 is 0 Å². The Morgan fingerprint density at radius 3 is 2.68 bits per heavy atom. The summed E-state index contributed by atoms with van der Waals surface area (Å²) in [6.45, 7) is 1.15. The molecule has 1 aliphatic rings. The van der Waals surface area contributed by atoms with E-state index in [-0.39, 0.29) is 5.82 Å². The highest BCUT2D eigenvalue weighted by Gasteiger charge is 2.44. The van der Waals surface area contributed by atoms with Crippen LogP contribution in [0.5, 0.6) is 0 Å². The highest BCUT2D eigenvalue weighted by molar-refractivity contribution is 5.90. The van der Waals surface area contributed by atoms with Gasteiger partial charge in [0.25, 0.3) is 0 Å². The van der Waals surface area contributed by atoms with Gasteiger partial charge in [-0.05, 0) is 6.92 Å². The average Bonchev–Trinajstić information content (AvgIpc) is 3.00. The minimum Gasteiger partial charge on any atom is -0.394 e. The Morgan fingerprint density at radius 2 is 2.09 bits per heavy atom. The minimum atomic E-state index is -1.24. The molecule has 2 aromatic rings. The van der Waals surface area contributed by atoms with Crippen LogP contribution in [-0.4, -0.2) is 59.9 Å². The Balaban J connectivity index is 2.14. The number of nitrogens with zero attached hydrogens (tertiary/aromatic N) is 3. The Kier molecular flexibility index (Phi) is 3.75. The van der Waals surface area contributed by atoms with Gasteiger partial charge in [-0.15, -0.1) is 0 Å². The summed E-state index contributed by atoms with van der Waals surface area (Å²) in [7, 11) is 0. The van der Waals surface area contributed by atoms with Crippen LogP contribution in [0.1, 0.15) is 24.8 Å². The quantitative estimate of drug-likeness (QED) is 0.469. The zero-order valence-electron chi connectivity index (χ0n) is 11.9.